The average Bonchev–Trinajstić information content (AvgIpc) is 2.24. The highest BCUT2D eigenvalue weighted by atomic mass is 32.2. The monoisotopic (exact) mass is 244 g/mol. The molecule has 0 aromatic carbocycles. The average molecular weight is 244 g/mol. The minimum absolute atomic E-state index is 0.489. The van der Waals surface area contributed by atoms with E-state index in [2.05, 4.69) is 35.7 Å². The van der Waals surface area contributed by atoms with Gasteiger partial charge in [-0.15, -0.1) is 18.3 Å². The van der Waals surface area contributed by atoms with Gasteiger partial charge in [-0.3, -0.25) is 4.84 Å². The Morgan fingerprint density at radius 3 is 2.81 bits per heavy atom. The first kappa shape index (κ1) is 15.0. The maximum atomic E-state index is 10.9. The molecule has 0 saturated carbocycles. The Labute approximate surface area is 101 Å². The fourth-order valence-corrected chi connectivity index (χ4v) is 1.93. The van der Waals surface area contributed by atoms with Crippen LogP contribution in [0.25, 0.3) is 0 Å². The van der Waals surface area contributed by atoms with Crippen LogP contribution in [0.15, 0.2) is 17.8 Å². The molecule has 0 rings (SSSR count). The van der Waals surface area contributed by atoms with Gasteiger partial charge in [-0.1, -0.05) is 25.1 Å². The zero-order valence-electron chi connectivity index (χ0n) is 10.2. The molecular formula is C11H20N2O2S. The molecule has 1 N–H and O–H groups in total. The van der Waals surface area contributed by atoms with Gasteiger partial charge in [-0.2, -0.15) is 0 Å². The summed E-state index contributed by atoms with van der Waals surface area (Å²) in [4.78, 5) is 15.5. The zero-order chi connectivity index (χ0) is 12.4. The summed E-state index contributed by atoms with van der Waals surface area (Å²) < 4.78 is 0. The number of hydrogen-bond donors (Lipinski definition) is 1. The molecule has 0 aliphatic rings. The number of carbonyl (C=O) groups is 1. The second-order valence-corrected chi connectivity index (χ2v) is 4.81. The van der Waals surface area contributed by atoms with E-state index in [0.29, 0.717) is 5.92 Å². The van der Waals surface area contributed by atoms with Crippen LogP contribution in [0.1, 0.15) is 26.7 Å². The Morgan fingerprint density at radius 1 is 1.62 bits per heavy atom. The van der Waals surface area contributed by atoms with Crippen molar-refractivity contribution in [1.29, 1.82) is 0 Å². The molecule has 0 aromatic heterocycles. The van der Waals surface area contributed by atoms with Gasteiger partial charge in [0, 0.05) is 19.2 Å². The first-order chi connectivity index (χ1) is 7.60. The van der Waals surface area contributed by atoms with E-state index in [1.807, 2.05) is 6.08 Å². The van der Waals surface area contributed by atoms with Crippen molar-refractivity contribution in [2.75, 3.05) is 12.8 Å². The molecule has 0 heterocycles. The molecule has 0 spiro atoms. The van der Waals surface area contributed by atoms with Crippen molar-refractivity contribution in [3.63, 3.8) is 0 Å². The molecule has 0 aromatic rings. The lowest BCUT2D eigenvalue weighted by Gasteiger charge is -2.07. The van der Waals surface area contributed by atoms with Crippen LogP contribution >= 0.6 is 11.8 Å². The van der Waals surface area contributed by atoms with Crippen molar-refractivity contribution in [1.82, 2.24) is 5.32 Å². The summed E-state index contributed by atoms with van der Waals surface area (Å²) in [5.41, 5.74) is 0. The van der Waals surface area contributed by atoms with Crippen molar-refractivity contribution in [3.8, 4) is 0 Å². The Kier molecular flexibility index (Phi) is 8.71. The summed E-state index contributed by atoms with van der Waals surface area (Å²) in [5.74, 6) is 1.40. The van der Waals surface area contributed by atoms with E-state index in [4.69, 9.17) is 0 Å². The number of oxime groups is 1. The number of amides is 1. The Morgan fingerprint density at radius 2 is 2.31 bits per heavy atom. The van der Waals surface area contributed by atoms with Gasteiger partial charge in [0.15, 0.2) is 0 Å². The Bertz CT molecular complexity index is 252. The van der Waals surface area contributed by atoms with Crippen molar-refractivity contribution < 1.29 is 9.63 Å². The summed E-state index contributed by atoms with van der Waals surface area (Å²) in [6, 6.07) is 0. The van der Waals surface area contributed by atoms with Crippen molar-refractivity contribution in [3.05, 3.63) is 12.7 Å². The molecule has 0 bridgehead atoms. The number of hydrogen-bond acceptors (Lipinski definition) is 4. The predicted molar refractivity (Wildman–Crippen MR) is 69.7 cm³/mol. The lowest BCUT2D eigenvalue weighted by Crippen LogP contribution is -2.17. The fraction of sp³-hybridized carbons (Fsp3) is 0.636. The largest absolute Gasteiger partial charge is 0.433 e. The third-order valence-corrected chi connectivity index (χ3v) is 2.62. The van der Waals surface area contributed by atoms with Gasteiger partial charge in [-0.05, 0) is 12.3 Å². The fourth-order valence-electron chi connectivity index (χ4n) is 0.870. The molecule has 0 radical (unpaired) electrons. The number of carbonyl (C=O) groups excluding carboxylic acids is 1. The standard InChI is InChI=1S/C11H20N2O2S/c1-5-6-7-16-10(8-9(2)3)13-15-11(14)12-4/h5,9H,1,6-8H2,2-4H3,(H,12,14). The normalized spacial score (nSPS) is 11.4. The second kappa shape index (κ2) is 9.27. The summed E-state index contributed by atoms with van der Waals surface area (Å²) >= 11 is 1.60. The van der Waals surface area contributed by atoms with Gasteiger partial charge in [0.25, 0.3) is 0 Å². The molecule has 0 unspecified atom stereocenters. The molecule has 4 nitrogen and oxygen atoms in total. The molecule has 1 amide bonds. The van der Waals surface area contributed by atoms with E-state index in [1.54, 1.807) is 11.8 Å². The number of thioether (sulfide) groups is 1. The van der Waals surface area contributed by atoms with Crippen molar-refractivity contribution in [2.24, 2.45) is 11.1 Å². The minimum Gasteiger partial charge on any atom is -0.323 e. The van der Waals surface area contributed by atoms with E-state index in [0.717, 1.165) is 23.6 Å². The van der Waals surface area contributed by atoms with Crippen LogP contribution in [0, 0.1) is 5.92 Å². The molecule has 0 aliphatic heterocycles. The van der Waals surface area contributed by atoms with Gasteiger partial charge in [0.1, 0.15) is 5.04 Å². The molecule has 0 fully saturated rings. The molecule has 0 aliphatic carbocycles. The Hall–Kier alpha value is -0.970. The van der Waals surface area contributed by atoms with E-state index >= 15 is 0 Å². The van der Waals surface area contributed by atoms with Gasteiger partial charge in [0.2, 0.25) is 0 Å². The summed E-state index contributed by atoms with van der Waals surface area (Å²) in [5, 5.41) is 7.03. The quantitative estimate of drug-likeness (QED) is 0.195. The molecule has 92 valence electrons. The lowest BCUT2D eigenvalue weighted by atomic mass is 10.1. The van der Waals surface area contributed by atoms with Crippen LogP contribution < -0.4 is 5.32 Å². The van der Waals surface area contributed by atoms with Crippen molar-refractivity contribution >= 4 is 22.9 Å². The first-order valence-corrected chi connectivity index (χ1v) is 6.28. The van der Waals surface area contributed by atoms with Crippen LogP contribution in [0.3, 0.4) is 0 Å². The second-order valence-electron chi connectivity index (χ2n) is 3.64. The van der Waals surface area contributed by atoms with Crippen LogP contribution in [-0.2, 0) is 4.84 Å². The van der Waals surface area contributed by atoms with Crippen LogP contribution in [0.5, 0.6) is 0 Å². The molecular weight excluding hydrogens is 224 g/mol. The molecule has 16 heavy (non-hydrogen) atoms. The maximum absolute atomic E-state index is 10.9. The van der Waals surface area contributed by atoms with Crippen LogP contribution in [0.2, 0.25) is 0 Å². The highest BCUT2D eigenvalue weighted by Gasteiger charge is 2.06. The van der Waals surface area contributed by atoms with Gasteiger partial charge in [-0.25, -0.2) is 4.79 Å². The zero-order valence-corrected chi connectivity index (χ0v) is 11.0. The van der Waals surface area contributed by atoms with E-state index < -0.39 is 6.09 Å². The summed E-state index contributed by atoms with van der Waals surface area (Å²) in [6.45, 7) is 7.86. The minimum atomic E-state index is -0.537. The number of allylic oxidation sites excluding steroid dienone is 1. The summed E-state index contributed by atoms with van der Waals surface area (Å²) in [6.07, 6.45) is 3.06. The van der Waals surface area contributed by atoms with Gasteiger partial charge in [0.05, 0.1) is 0 Å². The van der Waals surface area contributed by atoms with Crippen molar-refractivity contribution in [2.45, 2.75) is 26.7 Å². The smallest absolute Gasteiger partial charge is 0.323 e. The third kappa shape index (κ3) is 8.35. The van der Waals surface area contributed by atoms with E-state index in [1.165, 1.54) is 7.05 Å². The number of nitrogens with zero attached hydrogens (tertiary/aromatic N) is 1. The Balaban J connectivity index is 4.17. The van der Waals surface area contributed by atoms with E-state index in [-0.39, 0.29) is 0 Å². The lowest BCUT2D eigenvalue weighted by molar-refractivity contribution is 0.153. The highest BCUT2D eigenvalue weighted by molar-refractivity contribution is 8.13. The number of nitrogens with one attached hydrogen (secondary N) is 1. The number of rotatable bonds is 6. The van der Waals surface area contributed by atoms with Crippen LogP contribution in [-0.4, -0.2) is 23.9 Å². The maximum Gasteiger partial charge on any atom is 0.433 e. The highest BCUT2D eigenvalue weighted by Crippen LogP contribution is 2.14. The summed E-state index contributed by atoms with van der Waals surface area (Å²) in [7, 11) is 1.50. The van der Waals surface area contributed by atoms with Gasteiger partial charge < -0.3 is 5.32 Å². The molecule has 0 saturated heterocycles. The SMILES string of the molecule is C=CCCSC(CC(C)C)=NOC(=O)NC. The van der Waals surface area contributed by atoms with Gasteiger partial charge >= 0.3 is 6.09 Å². The molecule has 5 heteroatoms. The molecule has 0 atom stereocenters. The third-order valence-electron chi connectivity index (χ3n) is 1.61. The topological polar surface area (TPSA) is 50.7 Å². The van der Waals surface area contributed by atoms with Crippen LogP contribution in [0.4, 0.5) is 4.79 Å². The predicted octanol–water partition coefficient (Wildman–Crippen LogP) is 3.01. The van der Waals surface area contributed by atoms with E-state index in [9.17, 15) is 4.79 Å². The first-order valence-electron chi connectivity index (χ1n) is 5.29.